The molecule has 23 heteroatoms. The highest BCUT2D eigenvalue weighted by molar-refractivity contribution is 5.96. The molecule has 0 fully saturated rings. The Morgan fingerprint density at radius 3 is 1.70 bits per heavy atom. The van der Waals surface area contributed by atoms with E-state index in [9.17, 15) is 58.2 Å². The molecule has 0 aliphatic heterocycles. The Labute approximate surface area is 347 Å². The Balaban J connectivity index is 1.69. The van der Waals surface area contributed by atoms with Crippen LogP contribution in [0, 0.1) is 0 Å². The number of aromatic hydroxyl groups is 1. The largest absolute Gasteiger partial charge is 0.508 e. The first-order chi connectivity index (χ1) is 28.9. The highest BCUT2D eigenvalue weighted by atomic mass is 16.4. The van der Waals surface area contributed by atoms with Crippen molar-refractivity contribution in [2.24, 2.45) is 5.73 Å². The first kappa shape index (κ1) is 47.8. The molecule has 0 saturated carbocycles. The topological polar surface area (TPSA) is 369 Å². The van der Waals surface area contributed by atoms with E-state index in [1.54, 1.807) is 30.5 Å². The molecule has 0 bridgehead atoms. The molecule has 8 amide bonds. The molecular formula is C38H48N10O13. The molecule has 1 aromatic heterocycles. The number of likely N-dealkylation sites (N-methyl/N-ethyl adjacent to an activating group) is 1. The minimum atomic E-state index is -1.60. The summed E-state index contributed by atoms with van der Waals surface area (Å²) in [6.45, 7) is -2.55. The Hall–Kier alpha value is -7.56. The fraction of sp³-hybridized carbons (Fsp3) is 0.368. The van der Waals surface area contributed by atoms with Gasteiger partial charge >= 0.3 is 11.9 Å². The highest BCUT2D eigenvalue weighted by Crippen LogP contribution is 2.19. The van der Waals surface area contributed by atoms with Gasteiger partial charge in [-0.1, -0.05) is 30.3 Å². The van der Waals surface area contributed by atoms with Crippen LogP contribution in [0.1, 0.15) is 30.4 Å². The van der Waals surface area contributed by atoms with Crippen molar-refractivity contribution in [3.05, 3.63) is 65.9 Å². The number of carbonyl (C=O) groups excluding carboxylic acids is 8. The summed E-state index contributed by atoms with van der Waals surface area (Å²) in [6.07, 6.45) is 0.0581. The quantitative estimate of drug-likeness (QED) is 0.0409. The third-order valence-electron chi connectivity index (χ3n) is 8.80. The van der Waals surface area contributed by atoms with Crippen LogP contribution < -0.4 is 48.3 Å². The zero-order chi connectivity index (χ0) is 45.1. The number of hydrogen-bond donors (Lipinski definition) is 13. The molecule has 0 spiro atoms. The van der Waals surface area contributed by atoms with Crippen LogP contribution in [-0.4, -0.2) is 137 Å². The zero-order valence-electron chi connectivity index (χ0n) is 32.9. The SMILES string of the molecule is CNC(=O)CNC(=O)[C@H](CC(=O)O)NC(=O)CNC(=O)[C@H](Cc1c[nH]c2ccccc12)NC(=O)CNC(=O)[C@H](Cc1ccc(O)cc1)NC(=O)CNC(=O)CC[C@@H](N)C(=O)O. The van der Waals surface area contributed by atoms with Gasteiger partial charge in [0.1, 0.15) is 29.9 Å². The van der Waals surface area contributed by atoms with Crippen LogP contribution in [0.2, 0.25) is 0 Å². The van der Waals surface area contributed by atoms with Gasteiger partial charge in [-0.05, 0) is 35.7 Å². The summed E-state index contributed by atoms with van der Waals surface area (Å²) in [7, 11) is 1.32. The van der Waals surface area contributed by atoms with Crippen LogP contribution in [0.25, 0.3) is 10.9 Å². The van der Waals surface area contributed by atoms with E-state index in [0.717, 1.165) is 5.52 Å². The van der Waals surface area contributed by atoms with Crippen LogP contribution in [0.4, 0.5) is 0 Å². The number of rotatable bonds is 24. The molecule has 0 aliphatic carbocycles. The summed E-state index contributed by atoms with van der Waals surface area (Å²) in [5.41, 5.74) is 7.21. The third kappa shape index (κ3) is 16.7. The summed E-state index contributed by atoms with van der Waals surface area (Å²) in [5.74, 6) is -9.38. The van der Waals surface area contributed by atoms with E-state index < -0.39 is 116 Å². The van der Waals surface area contributed by atoms with Crippen LogP contribution in [0.5, 0.6) is 5.75 Å². The van der Waals surface area contributed by atoms with Crippen LogP contribution in [0.3, 0.4) is 0 Å². The number of aromatic amines is 1. The third-order valence-corrected chi connectivity index (χ3v) is 8.80. The number of para-hydroxylation sites is 1. The van der Waals surface area contributed by atoms with Gasteiger partial charge in [-0.2, -0.15) is 0 Å². The molecule has 328 valence electrons. The minimum absolute atomic E-state index is 0.0630. The fourth-order valence-electron chi connectivity index (χ4n) is 5.56. The number of carboxylic acid groups (broad SMARTS) is 2. The molecule has 0 radical (unpaired) electrons. The second kappa shape index (κ2) is 23.7. The monoisotopic (exact) mass is 852 g/mol. The maximum absolute atomic E-state index is 13.5. The number of nitrogens with one attached hydrogen (secondary N) is 9. The molecule has 14 N–H and O–H groups in total. The maximum Gasteiger partial charge on any atom is 0.320 e. The summed E-state index contributed by atoms with van der Waals surface area (Å²) in [6, 6.07) is 7.21. The highest BCUT2D eigenvalue weighted by Gasteiger charge is 2.28. The van der Waals surface area contributed by atoms with E-state index in [-0.39, 0.29) is 31.4 Å². The number of benzene rings is 2. The van der Waals surface area contributed by atoms with E-state index in [4.69, 9.17) is 10.8 Å². The molecule has 0 saturated heterocycles. The van der Waals surface area contributed by atoms with E-state index in [1.807, 2.05) is 0 Å². The van der Waals surface area contributed by atoms with Crippen LogP contribution in [0.15, 0.2) is 54.7 Å². The van der Waals surface area contributed by atoms with Gasteiger partial charge in [0.2, 0.25) is 47.3 Å². The van der Waals surface area contributed by atoms with Gasteiger partial charge < -0.3 is 68.6 Å². The molecule has 3 rings (SSSR count). The van der Waals surface area contributed by atoms with Gasteiger partial charge in [0.05, 0.1) is 32.6 Å². The number of amides is 8. The summed E-state index contributed by atoms with van der Waals surface area (Å²) < 4.78 is 0. The lowest BCUT2D eigenvalue weighted by atomic mass is 10.0. The molecule has 2 aromatic carbocycles. The van der Waals surface area contributed by atoms with E-state index in [2.05, 4.69) is 47.5 Å². The van der Waals surface area contributed by atoms with E-state index in [0.29, 0.717) is 16.5 Å². The van der Waals surface area contributed by atoms with Crippen molar-refractivity contribution in [3.8, 4) is 5.75 Å². The van der Waals surface area contributed by atoms with E-state index in [1.165, 1.54) is 31.3 Å². The predicted molar refractivity (Wildman–Crippen MR) is 213 cm³/mol. The number of fused-ring (bicyclic) bond motifs is 1. The second-order valence-electron chi connectivity index (χ2n) is 13.5. The number of H-pyrrole nitrogens is 1. The number of hydrogen-bond acceptors (Lipinski definition) is 12. The van der Waals surface area contributed by atoms with Gasteiger partial charge in [-0.15, -0.1) is 0 Å². The molecule has 61 heavy (non-hydrogen) atoms. The molecule has 1 heterocycles. The number of phenols is 1. The van der Waals surface area contributed by atoms with Crippen LogP contribution in [-0.2, 0) is 60.8 Å². The number of aliphatic carboxylic acids is 2. The van der Waals surface area contributed by atoms with Gasteiger partial charge in [0, 0.05) is 43.4 Å². The molecule has 3 aromatic rings. The predicted octanol–water partition coefficient (Wildman–Crippen LogP) is -4.01. The molecule has 23 nitrogen and oxygen atoms in total. The molecule has 0 aliphatic rings. The lowest BCUT2D eigenvalue weighted by molar-refractivity contribution is -0.141. The molecule has 4 atom stereocenters. The number of carbonyl (C=O) groups is 10. The first-order valence-electron chi connectivity index (χ1n) is 18.7. The average Bonchev–Trinajstić information content (AvgIpc) is 3.64. The van der Waals surface area contributed by atoms with Gasteiger partial charge in [0.25, 0.3) is 0 Å². The Morgan fingerprint density at radius 2 is 1.15 bits per heavy atom. The Kier molecular flexibility index (Phi) is 18.6. The lowest BCUT2D eigenvalue weighted by Crippen LogP contribution is -2.55. The first-order valence-corrected chi connectivity index (χ1v) is 18.7. The Bertz CT molecular complexity index is 2090. The maximum atomic E-state index is 13.5. The average molecular weight is 853 g/mol. The smallest absolute Gasteiger partial charge is 0.320 e. The fourth-order valence-corrected chi connectivity index (χ4v) is 5.56. The second-order valence-corrected chi connectivity index (χ2v) is 13.5. The van der Waals surface area contributed by atoms with Crippen molar-refractivity contribution < 1.29 is 63.3 Å². The van der Waals surface area contributed by atoms with Gasteiger partial charge in [0.15, 0.2) is 0 Å². The summed E-state index contributed by atoms with van der Waals surface area (Å²) in [5, 5.41) is 47.2. The number of carboxylic acids is 2. The zero-order valence-corrected chi connectivity index (χ0v) is 32.9. The van der Waals surface area contributed by atoms with Crippen molar-refractivity contribution >= 4 is 70.1 Å². The van der Waals surface area contributed by atoms with E-state index >= 15 is 0 Å². The number of aromatic nitrogens is 1. The minimum Gasteiger partial charge on any atom is -0.508 e. The summed E-state index contributed by atoms with van der Waals surface area (Å²) >= 11 is 0. The normalized spacial score (nSPS) is 12.6. The standard InChI is InChI=1S/C38H48N10O13/c1-40-30(51)16-43-37(59)28(14-34(55)56)48-33(54)19-45-36(58)27(13-21-15-41-25-5-3-2-4-23(21)25)47-32(53)18-44-35(57)26(12-20-6-8-22(49)9-7-20)46-31(52)17-42-29(50)11-10-24(39)38(60)61/h2-9,15,24,26-28,41,49H,10-14,16-19,39H2,1H3,(H,40,51)(H,42,50)(H,43,59)(H,44,57)(H,45,58)(H,46,52)(H,47,53)(H,48,54)(H,55,56)(H,60,61)/t24-,26+,27+,28+/m1/s1. The van der Waals surface area contributed by atoms with Crippen molar-refractivity contribution in [2.75, 3.05) is 33.2 Å². The van der Waals surface area contributed by atoms with Crippen LogP contribution >= 0.6 is 0 Å². The lowest BCUT2D eigenvalue weighted by Gasteiger charge is -2.21. The van der Waals surface area contributed by atoms with Crippen molar-refractivity contribution in [3.63, 3.8) is 0 Å². The number of phenolic OH excluding ortho intramolecular Hbond substituents is 1. The van der Waals surface area contributed by atoms with Crippen molar-refractivity contribution in [1.82, 2.24) is 47.5 Å². The van der Waals surface area contributed by atoms with Gasteiger partial charge in [-0.3, -0.25) is 47.9 Å². The number of nitrogens with two attached hydrogens (primary N) is 1. The molecule has 0 unspecified atom stereocenters. The summed E-state index contributed by atoms with van der Waals surface area (Å²) in [4.78, 5) is 127. The van der Waals surface area contributed by atoms with Gasteiger partial charge in [-0.25, -0.2) is 0 Å². The Morgan fingerprint density at radius 1 is 0.639 bits per heavy atom. The van der Waals surface area contributed by atoms with Crippen molar-refractivity contribution in [1.29, 1.82) is 0 Å². The van der Waals surface area contributed by atoms with Crippen molar-refractivity contribution in [2.45, 2.75) is 56.3 Å². The molecular weight excluding hydrogens is 804 g/mol.